The summed E-state index contributed by atoms with van der Waals surface area (Å²) in [5, 5.41) is 2.99. The van der Waals surface area contributed by atoms with E-state index in [-0.39, 0.29) is 30.8 Å². The number of carbonyl (C=O) groups is 2. The molecule has 0 saturated heterocycles. The van der Waals surface area contributed by atoms with Gasteiger partial charge in [0, 0.05) is 19.5 Å². The Hall–Kier alpha value is -3.19. The summed E-state index contributed by atoms with van der Waals surface area (Å²) >= 11 is 3.52. The molecule has 0 unspecified atom stereocenters. The molecular weight excluding hydrogens is 535 g/mol. The van der Waals surface area contributed by atoms with E-state index >= 15 is 0 Å². The van der Waals surface area contributed by atoms with E-state index in [1.165, 1.54) is 17.0 Å². The fourth-order valence-corrected chi connectivity index (χ4v) is 4.49. The van der Waals surface area contributed by atoms with E-state index < -0.39 is 6.04 Å². The van der Waals surface area contributed by atoms with Crippen LogP contribution in [0.25, 0.3) is 0 Å². The van der Waals surface area contributed by atoms with Gasteiger partial charge < -0.3 is 15.0 Å². The van der Waals surface area contributed by atoms with Crippen molar-refractivity contribution in [2.24, 2.45) is 0 Å². The first-order chi connectivity index (χ1) is 17.9. The summed E-state index contributed by atoms with van der Waals surface area (Å²) in [6.45, 7) is 4.57. The van der Waals surface area contributed by atoms with Crippen molar-refractivity contribution in [1.82, 2.24) is 10.2 Å². The molecule has 3 aromatic carbocycles. The monoisotopic (exact) mass is 568 g/mol. The van der Waals surface area contributed by atoms with E-state index in [0.717, 1.165) is 40.4 Å². The van der Waals surface area contributed by atoms with Crippen molar-refractivity contribution in [3.05, 3.63) is 99.8 Å². The lowest BCUT2D eigenvalue weighted by molar-refractivity contribution is -0.142. The van der Waals surface area contributed by atoms with Crippen molar-refractivity contribution in [2.75, 3.05) is 13.2 Å². The second kappa shape index (κ2) is 14.5. The Morgan fingerprint density at radius 1 is 0.973 bits per heavy atom. The van der Waals surface area contributed by atoms with Crippen LogP contribution in [0, 0.1) is 5.82 Å². The Balaban J connectivity index is 1.88. The number of carbonyl (C=O) groups excluding carboxylic acids is 2. The number of hydrogen-bond donors (Lipinski definition) is 1. The van der Waals surface area contributed by atoms with Crippen LogP contribution in [-0.4, -0.2) is 35.9 Å². The van der Waals surface area contributed by atoms with Gasteiger partial charge in [-0.2, -0.15) is 0 Å². The van der Waals surface area contributed by atoms with Gasteiger partial charge in [-0.3, -0.25) is 9.59 Å². The Labute approximate surface area is 227 Å². The summed E-state index contributed by atoms with van der Waals surface area (Å²) in [5.41, 5.74) is 2.81. The Morgan fingerprint density at radius 2 is 1.68 bits per heavy atom. The third-order valence-electron chi connectivity index (χ3n) is 6.12. The number of unbranched alkanes of at least 4 members (excludes halogenated alkanes) is 1. The van der Waals surface area contributed by atoms with Crippen LogP contribution in [0.15, 0.2) is 77.3 Å². The molecule has 1 atom stereocenters. The highest BCUT2D eigenvalue weighted by molar-refractivity contribution is 9.10. The number of aryl methyl sites for hydroxylation is 1. The Bertz CT molecular complexity index is 1160. The number of rotatable bonds is 13. The smallest absolute Gasteiger partial charge is 0.261 e. The molecule has 0 fully saturated rings. The zero-order valence-corrected chi connectivity index (χ0v) is 23.0. The molecule has 5 nitrogen and oxygen atoms in total. The molecule has 196 valence electrons. The topological polar surface area (TPSA) is 58.6 Å². The molecule has 0 radical (unpaired) electrons. The van der Waals surface area contributed by atoms with E-state index in [1.54, 1.807) is 12.1 Å². The maximum absolute atomic E-state index is 13.6. The van der Waals surface area contributed by atoms with E-state index in [4.69, 9.17) is 4.74 Å². The molecule has 2 amide bonds. The summed E-state index contributed by atoms with van der Waals surface area (Å²) < 4.78 is 20.2. The number of benzene rings is 3. The van der Waals surface area contributed by atoms with Gasteiger partial charge in [-0.05, 0) is 69.7 Å². The van der Waals surface area contributed by atoms with Crippen LogP contribution in [0.5, 0.6) is 5.75 Å². The largest absolute Gasteiger partial charge is 0.483 e. The van der Waals surface area contributed by atoms with Crippen molar-refractivity contribution >= 4 is 27.7 Å². The molecular formula is C30H34BrFN2O3. The van der Waals surface area contributed by atoms with Gasteiger partial charge in [-0.25, -0.2) is 4.39 Å². The fraction of sp³-hybridized carbons (Fsp3) is 0.333. The minimum Gasteiger partial charge on any atom is -0.483 e. The number of hydrogen-bond acceptors (Lipinski definition) is 3. The van der Waals surface area contributed by atoms with Crippen LogP contribution in [0.4, 0.5) is 4.39 Å². The first-order valence-electron chi connectivity index (χ1n) is 12.7. The maximum Gasteiger partial charge on any atom is 0.261 e. The van der Waals surface area contributed by atoms with E-state index in [1.807, 2.05) is 48.5 Å². The van der Waals surface area contributed by atoms with Gasteiger partial charge in [0.2, 0.25) is 5.91 Å². The third-order valence-corrected chi connectivity index (χ3v) is 6.74. The summed E-state index contributed by atoms with van der Waals surface area (Å²) in [7, 11) is 0. The van der Waals surface area contributed by atoms with Crippen molar-refractivity contribution in [3.63, 3.8) is 0 Å². The minimum atomic E-state index is -0.758. The summed E-state index contributed by atoms with van der Waals surface area (Å²) in [6.07, 6.45) is 3.03. The molecule has 3 aromatic rings. The predicted octanol–water partition coefficient (Wildman–Crippen LogP) is 6.09. The average molecular weight is 570 g/mol. The zero-order chi connectivity index (χ0) is 26.6. The number of amides is 2. The van der Waals surface area contributed by atoms with Gasteiger partial charge in [0.15, 0.2) is 6.61 Å². The van der Waals surface area contributed by atoms with Gasteiger partial charge in [0.25, 0.3) is 5.91 Å². The number of halogens is 2. The Morgan fingerprint density at radius 3 is 2.32 bits per heavy atom. The number of nitrogens with zero attached hydrogens (tertiary/aromatic N) is 1. The van der Waals surface area contributed by atoms with Gasteiger partial charge >= 0.3 is 0 Å². The zero-order valence-electron chi connectivity index (χ0n) is 21.4. The molecule has 7 heteroatoms. The first-order valence-corrected chi connectivity index (χ1v) is 13.5. The van der Waals surface area contributed by atoms with Crippen LogP contribution in [0.3, 0.4) is 0 Å². The molecule has 0 bridgehead atoms. The lowest BCUT2D eigenvalue weighted by Crippen LogP contribution is -2.51. The van der Waals surface area contributed by atoms with Crippen molar-refractivity contribution < 1.29 is 18.7 Å². The molecule has 1 N–H and O–H groups in total. The Kier molecular flexibility index (Phi) is 11.1. The van der Waals surface area contributed by atoms with Gasteiger partial charge in [-0.1, -0.05) is 68.8 Å². The highest BCUT2D eigenvalue weighted by atomic mass is 79.9. The van der Waals surface area contributed by atoms with Crippen LogP contribution in [-0.2, 0) is 29.0 Å². The molecule has 0 heterocycles. The molecule has 0 aliphatic heterocycles. The average Bonchev–Trinajstić information content (AvgIpc) is 2.91. The third kappa shape index (κ3) is 8.71. The molecule has 3 rings (SSSR count). The fourth-order valence-electron chi connectivity index (χ4n) is 3.95. The maximum atomic E-state index is 13.6. The predicted molar refractivity (Wildman–Crippen MR) is 148 cm³/mol. The van der Waals surface area contributed by atoms with Crippen molar-refractivity contribution in [3.8, 4) is 5.75 Å². The highest BCUT2D eigenvalue weighted by Crippen LogP contribution is 2.26. The summed E-state index contributed by atoms with van der Waals surface area (Å²) in [6, 6.07) is 20.6. The van der Waals surface area contributed by atoms with Crippen molar-refractivity contribution in [1.29, 1.82) is 0 Å². The quantitative estimate of drug-likeness (QED) is 0.254. The second-order valence-electron chi connectivity index (χ2n) is 8.91. The van der Waals surface area contributed by atoms with E-state index in [9.17, 15) is 14.0 Å². The molecule has 0 aliphatic rings. The minimum absolute atomic E-state index is 0.150. The van der Waals surface area contributed by atoms with Crippen LogP contribution in [0.2, 0.25) is 0 Å². The first kappa shape index (κ1) is 28.4. The highest BCUT2D eigenvalue weighted by Gasteiger charge is 2.30. The number of nitrogens with one attached hydrogen (secondary N) is 1. The van der Waals surface area contributed by atoms with Crippen molar-refractivity contribution in [2.45, 2.75) is 52.1 Å². The lowest BCUT2D eigenvalue weighted by Gasteiger charge is -2.31. The van der Waals surface area contributed by atoms with E-state index in [2.05, 4.69) is 35.1 Å². The molecule has 37 heavy (non-hydrogen) atoms. The summed E-state index contributed by atoms with van der Waals surface area (Å²) in [4.78, 5) is 28.6. The SMILES string of the molecule is CCCCNC(=O)[C@H](Cc1ccccc1)N(Cc1ccc(F)cc1)C(=O)COc1ccc(CC)cc1Br. The summed E-state index contributed by atoms with van der Waals surface area (Å²) in [5.74, 6) is -0.355. The van der Waals surface area contributed by atoms with E-state index in [0.29, 0.717) is 18.7 Å². The normalized spacial score (nSPS) is 11.6. The van der Waals surface area contributed by atoms with Crippen LogP contribution < -0.4 is 10.1 Å². The van der Waals surface area contributed by atoms with Gasteiger partial charge in [0.05, 0.1) is 4.47 Å². The van der Waals surface area contributed by atoms with Gasteiger partial charge in [0.1, 0.15) is 17.6 Å². The number of ether oxygens (including phenoxy) is 1. The molecule has 0 aliphatic carbocycles. The molecule has 0 aromatic heterocycles. The van der Waals surface area contributed by atoms with Crippen LogP contribution >= 0.6 is 15.9 Å². The van der Waals surface area contributed by atoms with Gasteiger partial charge in [-0.15, -0.1) is 0 Å². The lowest BCUT2D eigenvalue weighted by atomic mass is 10.0. The molecule has 0 saturated carbocycles. The second-order valence-corrected chi connectivity index (χ2v) is 9.76. The van der Waals surface area contributed by atoms with Crippen LogP contribution in [0.1, 0.15) is 43.4 Å². The standard InChI is InChI=1S/C30H34BrFN2O3/c1-3-5-17-33-30(36)27(19-23-9-7-6-8-10-23)34(20-24-11-14-25(32)15-12-24)29(35)21-37-28-16-13-22(4-2)18-26(28)31/h6-16,18,27H,3-5,17,19-21H2,1-2H3,(H,33,36)/t27-/m0/s1. The molecule has 0 spiro atoms.